The van der Waals surface area contributed by atoms with E-state index in [0.29, 0.717) is 9.79 Å². The molecule has 1 N–H and O–H groups in total. The lowest BCUT2D eigenvalue weighted by Gasteiger charge is -2.06. The number of hydrogen-bond donors (Lipinski definition) is 1. The summed E-state index contributed by atoms with van der Waals surface area (Å²) in [7, 11) is 0.446. The number of sulfone groups is 1. The van der Waals surface area contributed by atoms with Crippen molar-refractivity contribution in [3.05, 3.63) is 59.8 Å². The number of fused-ring (bicyclic) bond motifs is 1. The fourth-order valence-corrected chi connectivity index (χ4v) is 4.40. The van der Waals surface area contributed by atoms with Crippen LogP contribution in [0, 0.1) is 6.92 Å². The van der Waals surface area contributed by atoms with Gasteiger partial charge in [0.2, 0.25) is 9.84 Å². The first kappa shape index (κ1) is 19.5. The molecule has 0 aliphatic carbocycles. The summed E-state index contributed by atoms with van der Waals surface area (Å²) in [5.74, 6) is 0. The van der Waals surface area contributed by atoms with Crippen LogP contribution in [0.4, 0.5) is 0 Å². The lowest BCUT2D eigenvalue weighted by Crippen LogP contribution is -2.11. The molecule has 134 valence electrons. The zero-order chi connectivity index (χ0) is 17.3. The van der Waals surface area contributed by atoms with Crippen molar-refractivity contribution < 1.29 is 8.42 Å². The van der Waals surface area contributed by atoms with Gasteiger partial charge in [0.1, 0.15) is 0 Å². The number of hydrogen-bond acceptors (Lipinski definition) is 3. The van der Waals surface area contributed by atoms with Gasteiger partial charge in [0, 0.05) is 23.6 Å². The Kier molecular flexibility index (Phi) is 5.93. The van der Waals surface area contributed by atoms with Gasteiger partial charge in [0.05, 0.1) is 9.79 Å². The molecule has 0 amide bonds. The average molecular weight is 379 g/mol. The van der Waals surface area contributed by atoms with Crippen LogP contribution < -0.4 is 5.32 Å². The predicted octanol–water partition coefficient (Wildman–Crippen LogP) is 3.50. The van der Waals surface area contributed by atoms with Gasteiger partial charge in [-0.3, -0.25) is 0 Å². The Labute approximate surface area is 155 Å². The van der Waals surface area contributed by atoms with Gasteiger partial charge in [-0.05, 0) is 62.8 Å². The summed E-state index contributed by atoms with van der Waals surface area (Å²) in [4.78, 5) is 0.672. The molecule has 0 aliphatic heterocycles. The molecule has 25 heavy (non-hydrogen) atoms. The largest absolute Gasteiger partial charge is 0.348 e. The second-order valence-electron chi connectivity index (χ2n) is 5.97. The second kappa shape index (κ2) is 7.60. The Morgan fingerprint density at radius 3 is 2.36 bits per heavy atom. The van der Waals surface area contributed by atoms with Crippen LogP contribution in [0.2, 0.25) is 0 Å². The minimum Gasteiger partial charge on any atom is -0.348 e. The van der Waals surface area contributed by atoms with Crippen molar-refractivity contribution in [1.82, 2.24) is 9.88 Å². The van der Waals surface area contributed by atoms with E-state index in [1.165, 1.54) is 11.3 Å². The van der Waals surface area contributed by atoms with Gasteiger partial charge in [0.15, 0.2) is 0 Å². The fourth-order valence-electron chi connectivity index (χ4n) is 3.10. The van der Waals surface area contributed by atoms with Gasteiger partial charge in [-0.15, -0.1) is 12.4 Å². The third-order valence-electron chi connectivity index (χ3n) is 4.58. The number of aromatic nitrogens is 1. The van der Waals surface area contributed by atoms with E-state index in [2.05, 4.69) is 16.8 Å². The Balaban J connectivity index is 0.00000225. The average Bonchev–Trinajstić information content (AvgIpc) is 2.84. The van der Waals surface area contributed by atoms with Crippen molar-refractivity contribution >= 4 is 33.1 Å². The number of likely N-dealkylation sites (N-methyl/N-ethyl adjacent to an activating group) is 1. The minimum atomic E-state index is -3.50. The molecule has 0 radical (unpaired) electrons. The lowest BCUT2D eigenvalue weighted by molar-refractivity contribution is 0.596. The molecule has 4 nitrogen and oxygen atoms in total. The van der Waals surface area contributed by atoms with E-state index < -0.39 is 9.84 Å². The van der Waals surface area contributed by atoms with Gasteiger partial charge < -0.3 is 9.88 Å². The summed E-state index contributed by atoms with van der Waals surface area (Å²) >= 11 is 0. The van der Waals surface area contributed by atoms with Crippen molar-refractivity contribution in [2.24, 2.45) is 7.05 Å². The van der Waals surface area contributed by atoms with Crippen LogP contribution in [0.25, 0.3) is 10.9 Å². The molecule has 0 unspecified atom stereocenters. The summed E-state index contributed by atoms with van der Waals surface area (Å²) in [5.41, 5.74) is 3.44. The summed E-state index contributed by atoms with van der Waals surface area (Å²) in [6, 6.07) is 14.0. The number of rotatable bonds is 5. The first-order valence-corrected chi connectivity index (χ1v) is 9.47. The first-order chi connectivity index (χ1) is 11.5. The SMILES string of the molecule is CNCCc1c(C)n(C)c2ccc(S(=O)(=O)c3ccccc3)cc12.Cl. The van der Waals surface area contributed by atoms with E-state index in [9.17, 15) is 8.42 Å². The van der Waals surface area contributed by atoms with Crippen molar-refractivity contribution in [2.45, 2.75) is 23.1 Å². The molecule has 0 bridgehead atoms. The highest BCUT2D eigenvalue weighted by Gasteiger charge is 2.20. The standard InChI is InChI=1S/C19H22N2O2S.ClH/c1-14-17(11-12-20-2)18-13-16(9-10-19(18)21(14)3)24(22,23)15-7-5-4-6-8-15;/h4-10,13,20H,11-12H2,1-3H3;1H. The normalized spacial score (nSPS) is 11.5. The highest BCUT2D eigenvalue weighted by Crippen LogP contribution is 2.30. The molecule has 0 saturated carbocycles. The molecule has 0 aliphatic rings. The van der Waals surface area contributed by atoms with Crippen LogP contribution in [0.1, 0.15) is 11.3 Å². The molecule has 0 fully saturated rings. The zero-order valence-corrected chi connectivity index (χ0v) is 16.2. The number of benzene rings is 2. The number of nitrogens with zero attached hydrogens (tertiary/aromatic N) is 1. The minimum absolute atomic E-state index is 0. The molecule has 6 heteroatoms. The highest BCUT2D eigenvalue weighted by atomic mass is 35.5. The maximum absolute atomic E-state index is 12.9. The summed E-state index contributed by atoms with van der Waals surface area (Å²) in [5, 5.41) is 4.18. The maximum atomic E-state index is 12.9. The highest BCUT2D eigenvalue weighted by molar-refractivity contribution is 7.91. The van der Waals surface area contributed by atoms with E-state index in [-0.39, 0.29) is 12.4 Å². The smallest absolute Gasteiger partial charge is 0.206 e. The van der Waals surface area contributed by atoms with Gasteiger partial charge in [0.25, 0.3) is 0 Å². The zero-order valence-electron chi connectivity index (χ0n) is 14.6. The molecule has 1 aromatic heterocycles. The Morgan fingerprint density at radius 2 is 1.72 bits per heavy atom. The van der Waals surface area contributed by atoms with Crippen LogP contribution in [0.3, 0.4) is 0 Å². The fraction of sp³-hybridized carbons (Fsp3) is 0.263. The van der Waals surface area contributed by atoms with Gasteiger partial charge in [-0.2, -0.15) is 0 Å². The molecule has 1 heterocycles. The van der Waals surface area contributed by atoms with Crippen molar-refractivity contribution in [3.8, 4) is 0 Å². The third-order valence-corrected chi connectivity index (χ3v) is 6.35. The molecule has 3 aromatic rings. The number of halogens is 1. The number of nitrogens with one attached hydrogen (secondary N) is 1. The Morgan fingerprint density at radius 1 is 1.04 bits per heavy atom. The topological polar surface area (TPSA) is 51.1 Å². The summed E-state index contributed by atoms with van der Waals surface area (Å²) in [6.45, 7) is 2.94. The molecule has 0 atom stereocenters. The van der Waals surface area contributed by atoms with Crippen LogP contribution >= 0.6 is 12.4 Å². The van der Waals surface area contributed by atoms with Gasteiger partial charge in [-0.1, -0.05) is 18.2 Å². The van der Waals surface area contributed by atoms with Crippen LogP contribution in [-0.4, -0.2) is 26.6 Å². The van der Waals surface area contributed by atoms with Crippen LogP contribution in [0.15, 0.2) is 58.3 Å². The quantitative estimate of drug-likeness (QED) is 0.739. The molecule has 0 saturated heterocycles. The monoisotopic (exact) mass is 378 g/mol. The van der Waals surface area contributed by atoms with Crippen molar-refractivity contribution in [2.75, 3.05) is 13.6 Å². The first-order valence-electron chi connectivity index (χ1n) is 7.99. The molecule has 0 spiro atoms. The van der Waals surface area contributed by atoms with Crippen LogP contribution in [0.5, 0.6) is 0 Å². The van der Waals surface area contributed by atoms with Gasteiger partial charge in [-0.25, -0.2) is 8.42 Å². The summed E-state index contributed by atoms with van der Waals surface area (Å²) in [6.07, 6.45) is 0.870. The second-order valence-corrected chi connectivity index (χ2v) is 7.92. The molecular weight excluding hydrogens is 356 g/mol. The van der Waals surface area contributed by atoms with E-state index in [0.717, 1.165) is 23.9 Å². The number of aryl methyl sites for hydroxylation is 1. The molecule has 2 aromatic carbocycles. The molecule has 3 rings (SSSR count). The third kappa shape index (κ3) is 3.45. The van der Waals surface area contributed by atoms with Crippen molar-refractivity contribution in [1.29, 1.82) is 0 Å². The van der Waals surface area contributed by atoms with Crippen LogP contribution in [-0.2, 0) is 23.3 Å². The Hall–Kier alpha value is -1.82. The summed E-state index contributed by atoms with van der Waals surface area (Å²) < 4.78 is 27.9. The maximum Gasteiger partial charge on any atom is 0.206 e. The van der Waals surface area contributed by atoms with E-state index in [1.54, 1.807) is 30.3 Å². The van der Waals surface area contributed by atoms with E-state index in [1.807, 2.05) is 32.3 Å². The Bertz CT molecular complexity index is 980. The van der Waals surface area contributed by atoms with E-state index in [4.69, 9.17) is 0 Å². The van der Waals surface area contributed by atoms with Crippen molar-refractivity contribution in [3.63, 3.8) is 0 Å². The van der Waals surface area contributed by atoms with Gasteiger partial charge >= 0.3 is 0 Å². The predicted molar refractivity (Wildman–Crippen MR) is 104 cm³/mol. The molecular formula is C19H23ClN2O2S. The van der Waals surface area contributed by atoms with E-state index >= 15 is 0 Å². The lowest BCUT2D eigenvalue weighted by atomic mass is 10.1.